The topological polar surface area (TPSA) is 98.9 Å². The Bertz CT molecular complexity index is 1250. The third kappa shape index (κ3) is 11.6. The number of carbonyl (C=O) groups is 3. The van der Waals surface area contributed by atoms with Gasteiger partial charge in [0, 0.05) is 35.1 Å². The summed E-state index contributed by atoms with van der Waals surface area (Å²) < 4.78 is 10.9. The number of nitrogen functional groups attached to an aromatic ring is 1. The molecule has 0 atom stereocenters. The van der Waals surface area contributed by atoms with Gasteiger partial charge < -0.3 is 15.2 Å². The molecule has 1 aliphatic rings. The second kappa shape index (κ2) is 18.9. The first-order chi connectivity index (χ1) is 20.3. The molecule has 1 fully saturated rings. The van der Waals surface area contributed by atoms with Crippen LogP contribution in [0.1, 0.15) is 91.6 Å². The minimum atomic E-state index is -0.363. The molecule has 0 unspecified atom stereocenters. The number of anilines is 1. The number of ketones is 1. The summed E-state index contributed by atoms with van der Waals surface area (Å²) in [6, 6.07) is 22.8. The molecule has 0 radical (unpaired) electrons. The average molecular weight is 654 g/mol. The van der Waals surface area contributed by atoms with Gasteiger partial charge in [0.1, 0.15) is 0 Å². The maximum absolute atomic E-state index is 12.4. The Hall–Kier alpha value is -3.49. The molecule has 0 aliphatic heterocycles. The highest BCUT2D eigenvalue weighted by Gasteiger charge is 2.23. The summed E-state index contributed by atoms with van der Waals surface area (Å²) >= 11 is 3.48. The third-order valence-corrected chi connectivity index (χ3v) is 7.88. The zero-order valence-electron chi connectivity index (χ0n) is 24.5. The van der Waals surface area contributed by atoms with Crippen LogP contribution >= 0.6 is 15.9 Å². The van der Waals surface area contributed by atoms with Crippen LogP contribution in [0.5, 0.6) is 0 Å². The van der Waals surface area contributed by atoms with E-state index in [1.807, 2.05) is 66.7 Å². The van der Waals surface area contributed by atoms with Crippen molar-refractivity contribution in [3.05, 3.63) is 99.5 Å². The standard InChI is InChI=1S/C21H31BrN2O4.C13H10O.CH4/c1-3-24(18-8-4-5-9-18)14-17-12-16(13-19(22)20(17)23)21(26)28-11-7-6-10-27-15(2)25;14-13(11-7-3-1-4-8-11)12-9-5-2-6-10-12;/h12-13,18H,3-11,14,23H2,1-2H3;1-10H;1H4. The minimum Gasteiger partial charge on any atom is -0.466 e. The van der Waals surface area contributed by atoms with E-state index in [1.165, 1.54) is 32.6 Å². The summed E-state index contributed by atoms with van der Waals surface area (Å²) in [4.78, 5) is 37.4. The molecule has 0 aromatic heterocycles. The third-order valence-electron chi connectivity index (χ3n) is 7.22. The summed E-state index contributed by atoms with van der Waals surface area (Å²) in [6.45, 7) is 5.87. The summed E-state index contributed by atoms with van der Waals surface area (Å²) in [7, 11) is 0. The fourth-order valence-electron chi connectivity index (χ4n) is 4.92. The van der Waals surface area contributed by atoms with Crippen LogP contribution in [0.4, 0.5) is 5.69 Å². The molecule has 43 heavy (non-hydrogen) atoms. The van der Waals surface area contributed by atoms with E-state index in [1.54, 1.807) is 6.07 Å². The van der Waals surface area contributed by atoms with Crippen molar-refractivity contribution in [2.45, 2.75) is 72.4 Å². The molecule has 4 rings (SSSR count). The van der Waals surface area contributed by atoms with Gasteiger partial charge in [0.15, 0.2) is 5.78 Å². The van der Waals surface area contributed by atoms with Crippen molar-refractivity contribution in [2.75, 3.05) is 25.5 Å². The Labute approximate surface area is 264 Å². The van der Waals surface area contributed by atoms with E-state index >= 15 is 0 Å². The van der Waals surface area contributed by atoms with Gasteiger partial charge in [-0.05, 0) is 65.9 Å². The smallest absolute Gasteiger partial charge is 0.338 e. The number of hydrogen-bond donors (Lipinski definition) is 1. The first-order valence-electron chi connectivity index (χ1n) is 14.6. The highest BCUT2D eigenvalue weighted by atomic mass is 79.9. The van der Waals surface area contributed by atoms with Crippen LogP contribution in [-0.4, -0.2) is 48.4 Å². The molecule has 0 saturated heterocycles. The van der Waals surface area contributed by atoms with Crippen molar-refractivity contribution < 1.29 is 23.9 Å². The monoisotopic (exact) mass is 652 g/mol. The second-order valence-electron chi connectivity index (χ2n) is 10.3. The highest BCUT2D eigenvalue weighted by Crippen LogP contribution is 2.30. The van der Waals surface area contributed by atoms with E-state index in [-0.39, 0.29) is 25.1 Å². The van der Waals surface area contributed by atoms with Crippen LogP contribution in [-0.2, 0) is 20.8 Å². The number of benzene rings is 3. The summed E-state index contributed by atoms with van der Waals surface area (Å²) in [5.74, 6) is -0.584. The molecule has 3 aromatic rings. The Morgan fingerprint density at radius 2 is 1.40 bits per heavy atom. The van der Waals surface area contributed by atoms with Crippen LogP contribution in [0, 0.1) is 0 Å². The number of nitrogens with two attached hydrogens (primary N) is 1. The maximum atomic E-state index is 12.4. The molecule has 0 spiro atoms. The quantitative estimate of drug-likeness (QED) is 0.0920. The van der Waals surface area contributed by atoms with Crippen molar-refractivity contribution in [1.82, 2.24) is 4.90 Å². The van der Waals surface area contributed by atoms with Crippen molar-refractivity contribution in [3.8, 4) is 0 Å². The van der Waals surface area contributed by atoms with Crippen molar-refractivity contribution in [1.29, 1.82) is 0 Å². The maximum Gasteiger partial charge on any atom is 0.338 e. The van der Waals surface area contributed by atoms with Crippen LogP contribution in [0.25, 0.3) is 0 Å². The van der Waals surface area contributed by atoms with Crippen molar-refractivity contribution in [2.24, 2.45) is 0 Å². The molecule has 0 heterocycles. The fraction of sp³-hybridized carbons (Fsp3) is 0.400. The molecule has 232 valence electrons. The fourth-order valence-corrected chi connectivity index (χ4v) is 5.43. The lowest BCUT2D eigenvalue weighted by molar-refractivity contribution is -0.141. The number of carbonyl (C=O) groups excluding carboxylic acids is 3. The Balaban J connectivity index is 0.000000359. The predicted octanol–water partition coefficient (Wildman–Crippen LogP) is 7.85. The Kier molecular flexibility index (Phi) is 15.7. The van der Waals surface area contributed by atoms with E-state index in [0.29, 0.717) is 47.8 Å². The van der Waals surface area contributed by atoms with Crippen molar-refractivity contribution >= 4 is 39.3 Å². The molecule has 1 saturated carbocycles. The number of nitrogens with zero attached hydrogens (tertiary/aromatic N) is 1. The van der Waals surface area contributed by atoms with Gasteiger partial charge in [-0.3, -0.25) is 14.5 Å². The molecular weight excluding hydrogens is 608 g/mol. The van der Waals surface area contributed by atoms with Gasteiger partial charge in [-0.2, -0.15) is 0 Å². The van der Waals surface area contributed by atoms with Crippen LogP contribution < -0.4 is 5.73 Å². The second-order valence-corrected chi connectivity index (χ2v) is 11.1. The van der Waals surface area contributed by atoms with Gasteiger partial charge in [-0.25, -0.2) is 4.79 Å². The van der Waals surface area contributed by atoms with Gasteiger partial charge in [-0.15, -0.1) is 0 Å². The SMILES string of the molecule is C.CCN(Cc1cc(C(=O)OCCCCOC(C)=O)cc(Br)c1N)C1CCCC1.O=C(c1ccccc1)c1ccccc1. The van der Waals surface area contributed by atoms with Gasteiger partial charge in [0.25, 0.3) is 0 Å². The normalized spacial score (nSPS) is 12.6. The zero-order valence-corrected chi connectivity index (χ0v) is 26.1. The van der Waals surface area contributed by atoms with Gasteiger partial charge in [0.2, 0.25) is 0 Å². The zero-order chi connectivity index (χ0) is 30.3. The van der Waals surface area contributed by atoms with Crippen LogP contribution in [0.2, 0.25) is 0 Å². The number of halogens is 1. The molecule has 7 nitrogen and oxygen atoms in total. The Morgan fingerprint density at radius 3 is 1.91 bits per heavy atom. The van der Waals surface area contributed by atoms with Gasteiger partial charge in [0.05, 0.1) is 24.5 Å². The molecule has 1 aliphatic carbocycles. The van der Waals surface area contributed by atoms with Gasteiger partial charge in [-0.1, -0.05) is 87.9 Å². The molecular formula is C35H45BrN2O5. The molecule has 0 bridgehead atoms. The molecule has 0 amide bonds. The minimum absolute atomic E-state index is 0. The lowest BCUT2D eigenvalue weighted by Crippen LogP contribution is -2.32. The number of unbranched alkanes of at least 4 members (excludes halogenated alkanes) is 1. The van der Waals surface area contributed by atoms with E-state index in [9.17, 15) is 14.4 Å². The number of rotatable bonds is 12. The number of esters is 2. The van der Waals surface area contributed by atoms with E-state index < -0.39 is 0 Å². The number of ether oxygens (including phenoxy) is 2. The van der Waals surface area contributed by atoms with Crippen LogP contribution in [0.15, 0.2) is 77.3 Å². The van der Waals surface area contributed by atoms with E-state index in [4.69, 9.17) is 15.2 Å². The Morgan fingerprint density at radius 1 is 0.860 bits per heavy atom. The summed E-state index contributed by atoms with van der Waals surface area (Å²) in [6.07, 6.45) is 6.33. The largest absolute Gasteiger partial charge is 0.466 e. The molecule has 8 heteroatoms. The lowest BCUT2D eigenvalue weighted by atomic mass is 10.0. The number of hydrogen-bond acceptors (Lipinski definition) is 7. The first-order valence-corrected chi connectivity index (χ1v) is 15.4. The summed E-state index contributed by atoms with van der Waals surface area (Å²) in [5, 5.41) is 0. The molecule has 3 aromatic carbocycles. The lowest BCUT2D eigenvalue weighted by Gasteiger charge is -2.28. The summed E-state index contributed by atoms with van der Waals surface area (Å²) in [5.41, 5.74) is 9.86. The predicted molar refractivity (Wildman–Crippen MR) is 176 cm³/mol. The van der Waals surface area contributed by atoms with Gasteiger partial charge >= 0.3 is 11.9 Å². The average Bonchev–Trinajstić information content (AvgIpc) is 3.55. The molecule has 2 N–H and O–H groups in total. The highest BCUT2D eigenvalue weighted by molar-refractivity contribution is 9.10. The van der Waals surface area contributed by atoms with E-state index in [0.717, 1.165) is 29.8 Å². The van der Waals surface area contributed by atoms with Crippen LogP contribution in [0.3, 0.4) is 0 Å². The van der Waals surface area contributed by atoms with Crippen molar-refractivity contribution in [3.63, 3.8) is 0 Å². The first kappa shape index (κ1) is 35.7. The van der Waals surface area contributed by atoms with E-state index in [2.05, 4.69) is 27.8 Å².